The third-order valence-corrected chi connectivity index (χ3v) is 3.54. The third-order valence-electron chi connectivity index (χ3n) is 1.87. The lowest BCUT2D eigenvalue weighted by molar-refractivity contribution is 0.975. The van der Waals surface area contributed by atoms with Crippen molar-refractivity contribution in [3.8, 4) is 5.69 Å². The van der Waals surface area contributed by atoms with Crippen molar-refractivity contribution >= 4 is 47.8 Å². The highest BCUT2D eigenvalue weighted by molar-refractivity contribution is 9.11. The van der Waals surface area contributed by atoms with Crippen molar-refractivity contribution in [3.05, 3.63) is 48.4 Å². The van der Waals surface area contributed by atoms with Crippen LogP contribution in [0, 0.1) is 0 Å². The van der Waals surface area contributed by atoms with E-state index in [0.29, 0.717) is 0 Å². The molecule has 0 bridgehead atoms. The zero-order valence-corrected chi connectivity index (χ0v) is 12.1. The molecule has 0 amide bonds. The lowest BCUT2D eigenvalue weighted by atomic mass is 10.3. The van der Waals surface area contributed by atoms with E-state index in [1.807, 2.05) is 12.1 Å². The number of aromatic nitrogens is 2. The Bertz CT molecular complexity index is 535. The largest absolute Gasteiger partial charge is 0.330 e. The fraction of sp³-hybridized carbons (Fsp3) is 0. The number of aromatic amines is 1. The molecule has 0 aliphatic carbocycles. The minimum Gasteiger partial charge on any atom is -0.312 e. The molecule has 15 heavy (non-hydrogen) atoms. The van der Waals surface area contributed by atoms with E-state index in [0.717, 1.165) is 19.1 Å². The van der Waals surface area contributed by atoms with Gasteiger partial charge in [0.25, 0.3) is 0 Å². The highest BCUT2D eigenvalue weighted by atomic mass is 79.9. The molecule has 1 aromatic heterocycles. The number of rotatable bonds is 1. The molecular formula is C9H5Br3N2O. The molecule has 0 atom stereocenters. The van der Waals surface area contributed by atoms with E-state index >= 15 is 0 Å². The molecule has 0 unspecified atom stereocenters. The molecule has 0 radical (unpaired) electrons. The van der Waals surface area contributed by atoms with Crippen LogP contribution in [0.1, 0.15) is 0 Å². The van der Waals surface area contributed by atoms with E-state index in [1.165, 1.54) is 4.57 Å². The Morgan fingerprint density at radius 1 is 1.13 bits per heavy atom. The van der Waals surface area contributed by atoms with Gasteiger partial charge in [-0.2, -0.15) is 0 Å². The van der Waals surface area contributed by atoms with E-state index in [-0.39, 0.29) is 5.69 Å². The molecule has 3 nitrogen and oxygen atoms in total. The van der Waals surface area contributed by atoms with Gasteiger partial charge in [-0.3, -0.25) is 4.57 Å². The smallest absolute Gasteiger partial charge is 0.312 e. The molecule has 0 spiro atoms. The second-order valence-electron chi connectivity index (χ2n) is 2.85. The van der Waals surface area contributed by atoms with Gasteiger partial charge in [-0.25, -0.2) is 4.79 Å². The van der Waals surface area contributed by atoms with Gasteiger partial charge in [0, 0.05) is 25.8 Å². The topological polar surface area (TPSA) is 37.8 Å². The summed E-state index contributed by atoms with van der Waals surface area (Å²) in [6.07, 6.45) is 3.28. The molecule has 1 aromatic carbocycles. The number of hydrogen-bond acceptors (Lipinski definition) is 1. The van der Waals surface area contributed by atoms with Gasteiger partial charge < -0.3 is 4.98 Å². The lowest BCUT2D eigenvalue weighted by Gasteiger charge is -2.07. The highest BCUT2D eigenvalue weighted by Crippen LogP contribution is 2.31. The number of imidazole rings is 1. The number of nitrogens with one attached hydrogen (secondary N) is 1. The summed E-state index contributed by atoms with van der Waals surface area (Å²) in [5, 5.41) is 0. The molecule has 0 saturated carbocycles. The van der Waals surface area contributed by atoms with Crippen molar-refractivity contribution in [2.24, 2.45) is 0 Å². The van der Waals surface area contributed by atoms with Gasteiger partial charge >= 0.3 is 5.69 Å². The minimum atomic E-state index is -0.168. The molecule has 0 fully saturated rings. The Hall–Kier alpha value is -0.330. The van der Waals surface area contributed by atoms with Gasteiger partial charge in [-0.15, -0.1) is 0 Å². The van der Waals surface area contributed by atoms with Crippen molar-refractivity contribution in [2.45, 2.75) is 0 Å². The predicted octanol–water partition coefficient (Wildman–Crippen LogP) is 3.45. The van der Waals surface area contributed by atoms with Crippen LogP contribution >= 0.6 is 47.8 Å². The number of hydrogen-bond donors (Lipinski definition) is 1. The normalized spacial score (nSPS) is 10.6. The zero-order chi connectivity index (χ0) is 11.0. The Morgan fingerprint density at radius 3 is 2.20 bits per heavy atom. The summed E-state index contributed by atoms with van der Waals surface area (Å²) in [7, 11) is 0. The highest BCUT2D eigenvalue weighted by Gasteiger charge is 2.10. The van der Waals surface area contributed by atoms with Crippen LogP contribution in [0.25, 0.3) is 5.69 Å². The fourth-order valence-electron chi connectivity index (χ4n) is 1.26. The molecule has 2 rings (SSSR count). The summed E-state index contributed by atoms with van der Waals surface area (Å²) in [5.41, 5.74) is 0.614. The summed E-state index contributed by atoms with van der Waals surface area (Å²) in [5.74, 6) is 0. The second kappa shape index (κ2) is 4.27. The van der Waals surface area contributed by atoms with E-state index in [4.69, 9.17) is 0 Å². The number of benzene rings is 1. The second-order valence-corrected chi connectivity index (χ2v) is 5.48. The Morgan fingerprint density at radius 2 is 1.73 bits per heavy atom. The first kappa shape index (κ1) is 11.2. The average molecular weight is 397 g/mol. The Labute approximate surface area is 111 Å². The van der Waals surface area contributed by atoms with Gasteiger partial charge in [-0.05, 0) is 44.0 Å². The van der Waals surface area contributed by atoms with Gasteiger partial charge in [0.1, 0.15) is 0 Å². The number of nitrogens with zero attached hydrogens (tertiary/aromatic N) is 1. The van der Waals surface area contributed by atoms with E-state index < -0.39 is 0 Å². The first-order valence-corrected chi connectivity index (χ1v) is 6.38. The third kappa shape index (κ3) is 2.11. The summed E-state index contributed by atoms with van der Waals surface area (Å²) >= 11 is 10.2. The summed E-state index contributed by atoms with van der Waals surface area (Å²) in [6.45, 7) is 0. The van der Waals surface area contributed by atoms with Crippen LogP contribution in [0.2, 0.25) is 0 Å². The zero-order valence-electron chi connectivity index (χ0n) is 7.30. The maximum absolute atomic E-state index is 11.5. The van der Waals surface area contributed by atoms with Gasteiger partial charge in [0.2, 0.25) is 0 Å². The van der Waals surface area contributed by atoms with E-state index in [1.54, 1.807) is 12.4 Å². The molecule has 6 heteroatoms. The van der Waals surface area contributed by atoms with Crippen LogP contribution in [0.5, 0.6) is 0 Å². The van der Waals surface area contributed by atoms with Crippen molar-refractivity contribution in [1.29, 1.82) is 0 Å². The van der Waals surface area contributed by atoms with Crippen molar-refractivity contribution in [1.82, 2.24) is 9.55 Å². The molecule has 78 valence electrons. The van der Waals surface area contributed by atoms with Gasteiger partial charge in [0.05, 0.1) is 5.69 Å². The lowest BCUT2D eigenvalue weighted by Crippen LogP contribution is -2.14. The van der Waals surface area contributed by atoms with Crippen LogP contribution in [0.3, 0.4) is 0 Å². The Balaban J connectivity index is 2.74. The van der Waals surface area contributed by atoms with Crippen LogP contribution in [0.4, 0.5) is 0 Å². The SMILES string of the molecule is O=c1[nH]ccn1-c1c(Br)cc(Br)cc1Br. The molecule has 2 aromatic rings. The standard InChI is InChI=1S/C9H5Br3N2O/c10-5-3-6(11)8(7(12)4-5)14-2-1-13-9(14)15/h1-4H,(H,13,15). The maximum atomic E-state index is 11.5. The van der Waals surface area contributed by atoms with E-state index in [2.05, 4.69) is 52.8 Å². The summed E-state index contributed by atoms with van der Waals surface area (Å²) in [4.78, 5) is 14.1. The average Bonchev–Trinajstić information content (AvgIpc) is 2.50. The molecule has 1 heterocycles. The quantitative estimate of drug-likeness (QED) is 0.787. The molecule has 0 saturated heterocycles. The van der Waals surface area contributed by atoms with Gasteiger partial charge in [-0.1, -0.05) is 15.9 Å². The van der Waals surface area contributed by atoms with Crippen molar-refractivity contribution in [2.75, 3.05) is 0 Å². The van der Waals surface area contributed by atoms with Crippen LogP contribution < -0.4 is 5.69 Å². The molecule has 0 aliphatic heterocycles. The van der Waals surface area contributed by atoms with Crippen LogP contribution in [-0.2, 0) is 0 Å². The summed E-state index contributed by atoms with van der Waals surface area (Å²) < 4.78 is 4.14. The molecule has 0 aliphatic rings. The maximum Gasteiger partial charge on any atom is 0.330 e. The van der Waals surface area contributed by atoms with Crippen molar-refractivity contribution < 1.29 is 0 Å². The van der Waals surface area contributed by atoms with Crippen molar-refractivity contribution in [3.63, 3.8) is 0 Å². The first-order valence-electron chi connectivity index (χ1n) is 4.00. The summed E-state index contributed by atoms with van der Waals surface area (Å²) in [6, 6.07) is 3.78. The monoisotopic (exact) mass is 394 g/mol. The predicted molar refractivity (Wildman–Crippen MR) is 69.5 cm³/mol. The molecular weight excluding hydrogens is 392 g/mol. The minimum absolute atomic E-state index is 0.168. The van der Waals surface area contributed by atoms with Crippen LogP contribution in [-0.4, -0.2) is 9.55 Å². The van der Waals surface area contributed by atoms with E-state index in [9.17, 15) is 4.79 Å². The molecule has 1 N–H and O–H groups in total. The number of H-pyrrole nitrogens is 1. The Kier molecular flexibility index (Phi) is 3.18. The fourth-order valence-corrected chi connectivity index (χ4v) is 3.90. The first-order chi connectivity index (χ1) is 7.09. The van der Waals surface area contributed by atoms with Gasteiger partial charge in [0.15, 0.2) is 0 Å². The number of halogens is 3. The van der Waals surface area contributed by atoms with Crippen LogP contribution in [0.15, 0.2) is 42.7 Å².